The number of rotatable bonds is 8. The van der Waals surface area contributed by atoms with Gasteiger partial charge >= 0.3 is 0 Å². The van der Waals surface area contributed by atoms with E-state index in [4.69, 9.17) is 4.74 Å². The van der Waals surface area contributed by atoms with Gasteiger partial charge in [-0.15, -0.1) is 6.58 Å². The predicted molar refractivity (Wildman–Crippen MR) is 70.5 cm³/mol. The third kappa shape index (κ3) is 4.85. The van der Waals surface area contributed by atoms with Crippen LogP contribution in [0, 0.1) is 0 Å². The van der Waals surface area contributed by atoms with E-state index in [1.54, 1.807) is 0 Å². The van der Waals surface area contributed by atoms with E-state index in [9.17, 15) is 0 Å². The van der Waals surface area contributed by atoms with Gasteiger partial charge in [0.2, 0.25) is 5.88 Å². The van der Waals surface area contributed by atoms with Crippen molar-refractivity contribution in [3.63, 3.8) is 0 Å². The van der Waals surface area contributed by atoms with Crippen LogP contribution in [0.3, 0.4) is 0 Å². The number of anilines is 1. The van der Waals surface area contributed by atoms with Crippen molar-refractivity contribution in [3.8, 4) is 5.88 Å². The largest absolute Gasteiger partial charge is 0.478 e. The van der Waals surface area contributed by atoms with E-state index in [1.165, 1.54) is 0 Å². The molecule has 0 aliphatic carbocycles. The Hall–Kier alpha value is -1.58. The molecular weight excluding hydrogens is 214 g/mol. The van der Waals surface area contributed by atoms with Gasteiger partial charge in [-0.1, -0.05) is 13.0 Å². The number of aryl methyl sites for hydroxylation is 1. The minimum atomic E-state index is 0.650. The first-order valence-electron chi connectivity index (χ1n) is 6.09. The Bertz CT molecular complexity index is 353. The van der Waals surface area contributed by atoms with Crippen LogP contribution in [-0.4, -0.2) is 23.6 Å². The summed E-state index contributed by atoms with van der Waals surface area (Å²) in [5.41, 5.74) is 0. The van der Waals surface area contributed by atoms with Gasteiger partial charge in [-0.2, -0.15) is 4.98 Å². The number of ether oxygens (including phenoxy) is 1. The summed E-state index contributed by atoms with van der Waals surface area (Å²) >= 11 is 0. The van der Waals surface area contributed by atoms with Crippen molar-refractivity contribution in [2.24, 2.45) is 0 Å². The molecule has 0 spiro atoms. The fraction of sp³-hybridized carbons (Fsp3) is 0.538. The molecule has 0 aromatic carbocycles. The molecule has 0 unspecified atom stereocenters. The van der Waals surface area contributed by atoms with Gasteiger partial charge in [0, 0.05) is 19.5 Å². The van der Waals surface area contributed by atoms with Gasteiger partial charge in [0.05, 0.1) is 6.61 Å². The number of allylic oxidation sites excluding steroid dienone is 1. The topological polar surface area (TPSA) is 47.0 Å². The summed E-state index contributed by atoms with van der Waals surface area (Å²) < 4.78 is 5.60. The molecule has 0 saturated carbocycles. The molecule has 1 rings (SSSR count). The number of hydrogen-bond acceptors (Lipinski definition) is 4. The minimum Gasteiger partial charge on any atom is -0.478 e. The molecule has 0 atom stereocenters. The molecule has 0 amide bonds. The molecule has 94 valence electrons. The molecule has 4 nitrogen and oxygen atoms in total. The molecule has 0 saturated heterocycles. The van der Waals surface area contributed by atoms with E-state index < -0.39 is 0 Å². The van der Waals surface area contributed by atoms with E-state index in [-0.39, 0.29) is 0 Å². The van der Waals surface area contributed by atoms with Crippen molar-refractivity contribution in [2.75, 3.05) is 19.0 Å². The van der Waals surface area contributed by atoms with Gasteiger partial charge in [-0.25, -0.2) is 4.98 Å². The highest BCUT2D eigenvalue weighted by Crippen LogP contribution is 2.14. The monoisotopic (exact) mass is 235 g/mol. The summed E-state index contributed by atoms with van der Waals surface area (Å²) in [6, 6.07) is 1.83. The fourth-order valence-corrected chi connectivity index (χ4v) is 1.41. The number of hydrogen-bond donors (Lipinski definition) is 1. The van der Waals surface area contributed by atoms with Crippen LogP contribution in [0.2, 0.25) is 0 Å². The van der Waals surface area contributed by atoms with Crippen molar-refractivity contribution in [2.45, 2.75) is 32.6 Å². The van der Waals surface area contributed by atoms with Gasteiger partial charge < -0.3 is 10.1 Å². The van der Waals surface area contributed by atoms with Crippen molar-refractivity contribution in [1.82, 2.24) is 9.97 Å². The zero-order valence-corrected chi connectivity index (χ0v) is 10.7. The van der Waals surface area contributed by atoms with Crippen LogP contribution < -0.4 is 10.1 Å². The van der Waals surface area contributed by atoms with E-state index in [0.717, 1.165) is 37.3 Å². The minimum absolute atomic E-state index is 0.650. The van der Waals surface area contributed by atoms with E-state index in [1.807, 2.05) is 19.2 Å². The standard InChI is InChI=1S/C13H21N3O/c1-4-6-7-9-17-13-10-12(14-3)15-11(16-13)8-5-2/h4,10H,1,5-9H2,2-3H3,(H,14,15,16). The third-order valence-electron chi connectivity index (χ3n) is 2.28. The van der Waals surface area contributed by atoms with E-state index >= 15 is 0 Å². The summed E-state index contributed by atoms with van der Waals surface area (Å²) in [6.45, 7) is 6.46. The molecule has 0 radical (unpaired) electrons. The Balaban J connectivity index is 2.62. The lowest BCUT2D eigenvalue weighted by molar-refractivity contribution is 0.299. The molecule has 1 heterocycles. The van der Waals surface area contributed by atoms with Crippen LogP contribution >= 0.6 is 0 Å². The van der Waals surface area contributed by atoms with E-state index in [0.29, 0.717) is 12.5 Å². The summed E-state index contributed by atoms with van der Waals surface area (Å²) in [5, 5.41) is 3.02. The molecule has 17 heavy (non-hydrogen) atoms. The third-order valence-corrected chi connectivity index (χ3v) is 2.28. The van der Waals surface area contributed by atoms with Crippen LogP contribution in [0.25, 0.3) is 0 Å². The highest BCUT2D eigenvalue weighted by molar-refractivity contribution is 5.37. The molecule has 1 aromatic heterocycles. The number of nitrogens with one attached hydrogen (secondary N) is 1. The Morgan fingerprint density at radius 2 is 2.29 bits per heavy atom. The number of unbranched alkanes of at least 4 members (excludes halogenated alkanes) is 1. The maximum Gasteiger partial charge on any atom is 0.218 e. The number of nitrogens with zero attached hydrogens (tertiary/aromatic N) is 2. The van der Waals surface area contributed by atoms with Crippen LogP contribution in [0.4, 0.5) is 5.82 Å². The molecule has 0 bridgehead atoms. The second kappa shape index (κ2) is 7.65. The van der Waals surface area contributed by atoms with Crippen molar-refractivity contribution in [1.29, 1.82) is 0 Å². The first-order valence-corrected chi connectivity index (χ1v) is 6.09. The normalized spacial score (nSPS) is 10.0. The Labute approximate surface area is 103 Å². The second-order valence-corrected chi connectivity index (χ2v) is 3.79. The van der Waals surface area contributed by atoms with Crippen molar-refractivity contribution in [3.05, 3.63) is 24.5 Å². The zero-order chi connectivity index (χ0) is 12.5. The van der Waals surface area contributed by atoms with Gasteiger partial charge in [0.25, 0.3) is 0 Å². The van der Waals surface area contributed by atoms with Crippen LogP contribution in [0.1, 0.15) is 32.0 Å². The zero-order valence-electron chi connectivity index (χ0n) is 10.7. The molecule has 1 N–H and O–H groups in total. The van der Waals surface area contributed by atoms with Gasteiger partial charge in [0.1, 0.15) is 11.6 Å². The highest BCUT2D eigenvalue weighted by Gasteiger charge is 2.03. The lowest BCUT2D eigenvalue weighted by Crippen LogP contribution is -2.05. The van der Waals surface area contributed by atoms with Crippen molar-refractivity contribution >= 4 is 5.82 Å². The SMILES string of the molecule is C=CCCCOc1cc(NC)nc(CCC)n1. The lowest BCUT2D eigenvalue weighted by Gasteiger charge is -2.08. The molecule has 0 fully saturated rings. The van der Waals surface area contributed by atoms with E-state index in [2.05, 4.69) is 28.8 Å². The van der Waals surface area contributed by atoms with Gasteiger partial charge in [-0.3, -0.25) is 0 Å². The van der Waals surface area contributed by atoms with Crippen LogP contribution in [0.5, 0.6) is 5.88 Å². The molecule has 4 heteroatoms. The fourth-order valence-electron chi connectivity index (χ4n) is 1.41. The Kier molecular flexibility index (Phi) is 6.07. The van der Waals surface area contributed by atoms with Crippen LogP contribution in [-0.2, 0) is 6.42 Å². The Morgan fingerprint density at radius 1 is 1.47 bits per heavy atom. The molecule has 1 aromatic rings. The summed E-state index contributed by atoms with van der Waals surface area (Å²) in [5.74, 6) is 2.29. The predicted octanol–water partition coefficient (Wildman–Crippen LogP) is 2.82. The maximum atomic E-state index is 5.60. The smallest absolute Gasteiger partial charge is 0.218 e. The maximum absolute atomic E-state index is 5.60. The first-order chi connectivity index (χ1) is 8.30. The summed E-state index contributed by atoms with van der Waals surface area (Å²) in [6.07, 6.45) is 5.73. The van der Waals surface area contributed by atoms with Crippen LogP contribution in [0.15, 0.2) is 18.7 Å². The molecule has 0 aliphatic heterocycles. The highest BCUT2D eigenvalue weighted by atomic mass is 16.5. The number of aromatic nitrogens is 2. The quantitative estimate of drug-likeness (QED) is 0.556. The van der Waals surface area contributed by atoms with Gasteiger partial charge in [0.15, 0.2) is 0 Å². The lowest BCUT2D eigenvalue weighted by atomic mass is 10.3. The summed E-state index contributed by atoms with van der Waals surface area (Å²) in [7, 11) is 1.85. The average molecular weight is 235 g/mol. The average Bonchev–Trinajstić information content (AvgIpc) is 2.35. The van der Waals surface area contributed by atoms with Crippen molar-refractivity contribution < 1.29 is 4.74 Å². The molecular formula is C13H21N3O. The Morgan fingerprint density at radius 3 is 2.94 bits per heavy atom. The first kappa shape index (κ1) is 13.5. The van der Waals surface area contributed by atoms with Gasteiger partial charge in [-0.05, 0) is 19.3 Å². The molecule has 0 aliphatic rings. The summed E-state index contributed by atoms with van der Waals surface area (Å²) in [4.78, 5) is 8.74. The second-order valence-electron chi connectivity index (χ2n) is 3.79.